The van der Waals surface area contributed by atoms with Crippen molar-refractivity contribution in [2.24, 2.45) is 5.92 Å². The lowest BCUT2D eigenvalue weighted by molar-refractivity contribution is -0.121. The van der Waals surface area contributed by atoms with Crippen molar-refractivity contribution >= 4 is 30.7 Å². The lowest BCUT2D eigenvalue weighted by Crippen LogP contribution is -2.29. The van der Waals surface area contributed by atoms with E-state index in [0.717, 1.165) is 32.0 Å². The second-order valence-electron chi connectivity index (χ2n) is 8.02. The van der Waals surface area contributed by atoms with E-state index in [9.17, 15) is 4.79 Å². The Kier molecular flexibility index (Phi) is 12.8. The molecule has 0 aromatic heterocycles. The molecule has 1 aromatic carbocycles. The molecule has 2 N–H and O–H groups in total. The smallest absolute Gasteiger partial charge is 0.220 e. The molecule has 4 nitrogen and oxygen atoms in total. The fourth-order valence-electron chi connectivity index (χ4n) is 4.19. The zero-order valence-corrected chi connectivity index (χ0v) is 18.6. The number of nitrogens with one attached hydrogen (secondary N) is 2. The lowest BCUT2D eigenvalue weighted by Gasteiger charge is -2.22. The minimum Gasteiger partial charge on any atom is -0.352 e. The van der Waals surface area contributed by atoms with Crippen molar-refractivity contribution in [2.45, 2.75) is 64.5 Å². The van der Waals surface area contributed by atoms with Gasteiger partial charge in [-0.3, -0.25) is 9.69 Å². The topological polar surface area (TPSA) is 44.4 Å². The van der Waals surface area contributed by atoms with Crippen LogP contribution in [0.25, 0.3) is 0 Å². The molecule has 0 radical (unpaired) electrons. The quantitative estimate of drug-likeness (QED) is 0.678. The van der Waals surface area contributed by atoms with Crippen LogP contribution >= 0.6 is 24.8 Å². The fraction of sp³-hybridized carbons (Fsp3) is 0.682. The number of halogens is 2. The summed E-state index contributed by atoms with van der Waals surface area (Å²) < 4.78 is 0. The van der Waals surface area contributed by atoms with Gasteiger partial charge in [0.05, 0.1) is 0 Å². The van der Waals surface area contributed by atoms with E-state index < -0.39 is 0 Å². The molecule has 3 rings (SSSR count). The number of carbonyl (C=O) groups is 1. The van der Waals surface area contributed by atoms with Crippen LogP contribution in [-0.4, -0.2) is 37.0 Å². The number of piperidine rings is 1. The Morgan fingerprint density at radius 2 is 1.71 bits per heavy atom. The molecule has 28 heavy (non-hydrogen) atoms. The SMILES string of the molecule is Cl.Cl.O=C(CCC1CCNCC1)NCc1cccc(CN2CCCCCC2)c1. The molecule has 160 valence electrons. The highest BCUT2D eigenvalue weighted by Crippen LogP contribution is 2.18. The molecule has 0 saturated carbocycles. The summed E-state index contributed by atoms with van der Waals surface area (Å²) in [6.45, 7) is 6.35. The number of hydrogen-bond acceptors (Lipinski definition) is 3. The van der Waals surface area contributed by atoms with Gasteiger partial charge < -0.3 is 10.6 Å². The van der Waals surface area contributed by atoms with Crippen molar-refractivity contribution in [3.63, 3.8) is 0 Å². The highest BCUT2D eigenvalue weighted by Gasteiger charge is 2.14. The number of benzene rings is 1. The van der Waals surface area contributed by atoms with Gasteiger partial charge in [0, 0.05) is 19.5 Å². The molecule has 0 aliphatic carbocycles. The first-order valence-electron chi connectivity index (χ1n) is 10.6. The van der Waals surface area contributed by atoms with Crippen LogP contribution in [0, 0.1) is 5.92 Å². The summed E-state index contributed by atoms with van der Waals surface area (Å²) in [4.78, 5) is 14.7. The third-order valence-electron chi connectivity index (χ3n) is 5.82. The Balaban J connectivity index is 0.00000196. The summed E-state index contributed by atoms with van der Waals surface area (Å²) >= 11 is 0. The zero-order valence-electron chi connectivity index (χ0n) is 17.0. The van der Waals surface area contributed by atoms with Crippen molar-refractivity contribution in [1.82, 2.24) is 15.5 Å². The van der Waals surface area contributed by atoms with Crippen LogP contribution < -0.4 is 10.6 Å². The molecular formula is C22H37Cl2N3O. The van der Waals surface area contributed by atoms with Crippen molar-refractivity contribution in [1.29, 1.82) is 0 Å². The Bertz CT molecular complexity index is 556. The molecule has 2 aliphatic heterocycles. The number of rotatable bonds is 7. The first kappa shape index (κ1) is 25.2. The van der Waals surface area contributed by atoms with E-state index in [2.05, 4.69) is 39.8 Å². The van der Waals surface area contributed by atoms with Gasteiger partial charge in [0.1, 0.15) is 0 Å². The number of hydrogen-bond donors (Lipinski definition) is 2. The predicted molar refractivity (Wildman–Crippen MR) is 121 cm³/mol. The summed E-state index contributed by atoms with van der Waals surface area (Å²) in [7, 11) is 0. The van der Waals surface area contributed by atoms with Crippen molar-refractivity contribution in [3.8, 4) is 0 Å². The first-order chi connectivity index (χ1) is 12.8. The Morgan fingerprint density at radius 1 is 1.04 bits per heavy atom. The van der Waals surface area contributed by atoms with Gasteiger partial charge in [-0.25, -0.2) is 0 Å². The van der Waals surface area contributed by atoms with Gasteiger partial charge in [-0.15, -0.1) is 24.8 Å². The third-order valence-corrected chi connectivity index (χ3v) is 5.82. The van der Waals surface area contributed by atoms with Gasteiger partial charge in [0.2, 0.25) is 5.91 Å². The number of nitrogens with zero attached hydrogens (tertiary/aromatic N) is 1. The summed E-state index contributed by atoms with van der Waals surface area (Å²) in [5.74, 6) is 0.917. The van der Waals surface area contributed by atoms with Crippen LogP contribution in [0.3, 0.4) is 0 Å². The largest absolute Gasteiger partial charge is 0.352 e. The highest BCUT2D eigenvalue weighted by atomic mass is 35.5. The van der Waals surface area contributed by atoms with Gasteiger partial charge in [0.25, 0.3) is 0 Å². The van der Waals surface area contributed by atoms with Gasteiger partial charge >= 0.3 is 0 Å². The molecule has 1 aromatic rings. The van der Waals surface area contributed by atoms with Crippen molar-refractivity contribution in [2.75, 3.05) is 26.2 Å². The maximum absolute atomic E-state index is 12.2. The monoisotopic (exact) mass is 429 g/mol. The van der Waals surface area contributed by atoms with E-state index in [0.29, 0.717) is 13.0 Å². The highest BCUT2D eigenvalue weighted by molar-refractivity contribution is 5.85. The Hall–Kier alpha value is -0.810. The summed E-state index contributed by atoms with van der Waals surface area (Å²) in [6, 6.07) is 8.73. The van der Waals surface area contributed by atoms with Crippen molar-refractivity contribution in [3.05, 3.63) is 35.4 Å². The molecule has 2 fully saturated rings. The second kappa shape index (κ2) is 14.2. The molecule has 0 atom stereocenters. The van der Waals surface area contributed by atoms with E-state index in [1.807, 2.05) is 0 Å². The summed E-state index contributed by atoms with van der Waals surface area (Å²) in [5.41, 5.74) is 2.58. The van der Waals surface area contributed by atoms with Crippen LogP contribution in [0.4, 0.5) is 0 Å². The molecular weight excluding hydrogens is 393 g/mol. The standard InChI is InChI=1S/C22H35N3O.2ClH/c26-22(9-8-19-10-12-23-13-11-19)24-17-20-6-5-7-21(16-20)18-25-14-3-1-2-4-15-25;;/h5-7,16,19,23H,1-4,8-15,17-18H2,(H,24,26);2*1H. The van der Waals surface area contributed by atoms with Crippen LogP contribution in [0.5, 0.6) is 0 Å². The number of amides is 1. The van der Waals surface area contributed by atoms with E-state index in [-0.39, 0.29) is 30.7 Å². The molecule has 2 saturated heterocycles. The normalized spacial score (nSPS) is 18.4. The molecule has 0 bridgehead atoms. The van der Waals surface area contributed by atoms with Crippen LogP contribution in [-0.2, 0) is 17.9 Å². The maximum atomic E-state index is 12.2. The van der Waals surface area contributed by atoms with E-state index >= 15 is 0 Å². The summed E-state index contributed by atoms with van der Waals surface area (Å²) in [5, 5.41) is 6.49. The third kappa shape index (κ3) is 9.13. The fourth-order valence-corrected chi connectivity index (χ4v) is 4.19. The molecule has 2 aliphatic rings. The number of carbonyl (C=O) groups excluding carboxylic acids is 1. The van der Waals surface area contributed by atoms with Crippen LogP contribution in [0.15, 0.2) is 24.3 Å². The van der Waals surface area contributed by atoms with E-state index in [1.54, 1.807) is 0 Å². The molecule has 6 heteroatoms. The lowest BCUT2D eigenvalue weighted by atomic mass is 9.93. The molecule has 0 unspecified atom stereocenters. The minimum atomic E-state index is 0. The van der Waals surface area contributed by atoms with Gasteiger partial charge in [-0.2, -0.15) is 0 Å². The first-order valence-corrected chi connectivity index (χ1v) is 10.6. The average Bonchev–Trinajstić information content (AvgIpc) is 2.94. The molecule has 1 amide bonds. The Morgan fingerprint density at radius 3 is 2.43 bits per heavy atom. The van der Waals surface area contributed by atoms with Gasteiger partial charge in [-0.1, -0.05) is 37.1 Å². The molecule has 2 heterocycles. The van der Waals surface area contributed by atoms with Crippen molar-refractivity contribution < 1.29 is 4.79 Å². The Labute approximate surface area is 183 Å². The predicted octanol–water partition coefficient (Wildman–Crippen LogP) is 4.30. The number of likely N-dealkylation sites (tertiary alicyclic amines) is 1. The zero-order chi connectivity index (χ0) is 18.0. The summed E-state index contributed by atoms with van der Waals surface area (Å²) in [6.07, 6.45) is 9.53. The second-order valence-corrected chi connectivity index (χ2v) is 8.02. The van der Waals surface area contributed by atoms with Crippen LogP contribution in [0.2, 0.25) is 0 Å². The van der Waals surface area contributed by atoms with Gasteiger partial charge in [-0.05, 0) is 75.3 Å². The van der Waals surface area contributed by atoms with E-state index in [4.69, 9.17) is 0 Å². The maximum Gasteiger partial charge on any atom is 0.220 e. The molecule has 0 spiro atoms. The van der Waals surface area contributed by atoms with E-state index in [1.165, 1.54) is 62.7 Å². The minimum absolute atomic E-state index is 0. The van der Waals surface area contributed by atoms with Crippen LogP contribution in [0.1, 0.15) is 62.5 Å². The average molecular weight is 430 g/mol. The van der Waals surface area contributed by atoms with Gasteiger partial charge in [0.15, 0.2) is 0 Å².